The van der Waals surface area contributed by atoms with Gasteiger partial charge in [-0.15, -0.1) is 0 Å². The maximum atomic E-state index is 5.85. The molecule has 2 aromatic carbocycles. The Morgan fingerprint density at radius 1 is 0.812 bits per heavy atom. The van der Waals surface area contributed by atoms with Gasteiger partial charge >= 0.3 is 0 Å². The zero-order valence-electron chi connectivity index (χ0n) is 9.73. The number of rotatable bonds is 3. The molecule has 0 bridgehead atoms. The molecule has 0 heterocycles. The third-order valence-electron chi connectivity index (χ3n) is 2.63. The van der Waals surface area contributed by atoms with Crippen LogP contribution in [-0.2, 0) is 6.61 Å². The lowest BCUT2D eigenvalue weighted by atomic mass is 10.1. The largest absolute Gasteiger partial charge is 0.488 e. The first-order chi connectivity index (χ1) is 7.77. The van der Waals surface area contributed by atoms with Gasteiger partial charge in [-0.25, -0.2) is 0 Å². The highest BCUT2D eigenvalue weighted by atomic mass is 16.5. The van der Waals surface area contributed by atoms with E-state index < -0.39 is 0 Å². The van der Waals surface area contributed by atoms with E-state index in [2.05, 4.69) is 44.2 Å². The van der Waals surface area contributed by atoms with Crippen molar-refractivity contribution >= 4 is 0 Å². The number of hydrogen-bond acceptors (Lipinski definition) is 1. The lowest BCUT2D eigenvalue weighted by molar-refractivity contribution is 0.302. The van der Waals surface area contributed by atoms with E-state index in [-0.39, 0.29) is 0 Å². The number of hydrogen-bond donors (Lipinski definition) is 0. The Kier molecular flexibility index (Phi) is 3.25. The van der Waals surface area contributed by atoms with Crippen molar-refractivity contribution in [2.75, 3.05) is 0 Å². The molecule has 2 rings (SSSR count). The van der Waals surface area contributed by atoms with Crippen molar-refractivity contribution in [3.63, 3.8) is 0 Å². The van der Waals surface area contributed by atoms with Crippen molar-refractivity contribution in [1.29, 1.82) is 0 Å². The first kappa shape index (κ1) is 10.7. The molecule has 0 spiro atoms. The molecule has 0 fully saturated rings. The van der Waals surface area contributed by atoms with E-state index in [1.54, 1.807) is 0 Å². The maximum Gasteiger partial charge on any atom is 0.125 e. The van der Waals surface area contributed by atoms with Crippen LogP contribution in [0.25, 0.3) is 0 Å². The fourth-order valence-electron chi connectivity index (χ4n) is 1.76. The van der Waals surface area contributed by atoms with Crippen LogP contribution in [0.2, 0.25) is 0 Å². The topological polar surface area (TPSA) is 9.23 Å². The second-order valence-electron chi connectivity index (χ2n) is 4.00. The highest BCUT2D eigenvalue weighted by molar-refractivity contribution is 5.39. The minimum atomic E-state index is 0.631. The predicted molar refractivity (Wildman–Crippen MR) is 66.7 cm³/mol. The molecule has 0 amide bonds. The van der Waals surface area contributed by atoms with Gasteiger partial charge in [0.25, 0.3) is 0 Å². The molecule has 0 aliphatic heterocycles. The molecular weight excluding hydrogens is 196 g/mol. The normalized spacial score (nSPS) is 10.1. The molecule has 0 aliphatic carbocycles. The summed E-state index contributed by atoms with van der Waals surface area (Å²) in [5.74, 6) is 1.01. The van der Waals surface area contributed by atoms with Crippen molar-refractivity contribution < 1.29 is 4.74 Å². The van der Waals surface area contributed by atoms with E-state index in [4.69, 9.17) is 4.74 Å². The molecule has 0 saturated heterocycles. The van der Waals surface area contributed by atoms with Crippen LogP contribution in [-0.4, -0.2) is 0 Å². The molecule has 0 radical (unpaired) electrons. The highest BCUT2D eigenvalue weighted by Crippen LogP contribution is 2.23. The zero-order chi connectivity index (χ0) is 11.4. The van der Waals surface area contributed by atoms with Crippen LogP contribution >= 0.6 is 0 Å². The van der Waals surface area contributed by atoms with Crippen molar-refractivity contribution in [2.45, 2.75) is 20.5 Å². The smallest absolute Gasteiger partial charge is 0.125 e. The minimum Gasteiger partial charge on any atom is -0.488 e. The molecule has 82 valence electrons. The Labute approximate surface area is 96.7 Å². The first-order valence-electron chi connectivity index (χ1n) is 5.50. The lowest BCUT2D eigenvalue weighted by Gasteiger charge is -2.11. The van der Waals surface area contributed by atoms with Gasteiger partial charge in [0.15, 0.2) is 0 Å². The van der Waals surface area contributed by atoms with Gasteiger partial charge in [0, 0.05) is 0 Å². The number of ether oxygens (including phenoxy) is 1. The lowest BCUT2D eigenvalue weighted by Crippen LogP contribution is -1.98. The van der Waals surface area contributed by atoms with Crippen LogP contribution in [0.1, 0.15) is 16.7 Å². The standard InChI is InChI=1S/C15H16O/c1-12-7-6-8-13(2)15(12)16-11-14-9-4-3-5-10-14/h3-10H,11H2,1-2H3. The Morgan fingerprint density at radius 2 is 1.44 bits per heavy atom. The van der Waals surface area contributed by atoms with Crippen LogP contribution in [0.15, 0.2) is 48.5 Å². The van der Waals surface area contributed by atoms with Crippen molar-refractivity contribution in [1.82, 2.24) is 0 Å². The Bertz CT molecular complexity index is 440. The average molecular weight is 212 g/mol. The van der Waals surface area contributed by atoms with Gasteiger partial charge in [0.05, 0.1) is 0 Å². The molecule has 0 saturated carbocycles. The van der Waals surface area contributed by atoms with Crippen LogP contribution in [0.3, 0.4) is 0 Å². The summed E-state index contributed by atoms with van der Waals surface area (Å²) in [5.41, 5.74) is 3.58. The molecule has 1 heteroatoms. The molecule has 0 aromatic heterocycles. The molecule has 2 aromatic rings. The highest BCUT2D eigenvalue weighted by Gasteiger charge is 2.02. The van der Waals surface area contributed by atoms with Crippen molar-refractivity contribution in [3.05, 3.63) is 65.2 Å². The summed E-state index contributed by atoms with van der Waals surface area (Å²) in [6.45, 7) is 4.78. The summed E-state index contributed by atoms with van der Waals surface area (Å²) in [6.07, 6.45) is 0. The van der Waals surface area contributed by atoms with Crippen LogP contribution in [0, 0.1) is 13.8 Å². The van der Waals surface area contributed by atoms with Crippen LogP contribution < -0.4 is 4.74 Å². The van der Waals surface area contributed by atoms with Crippen molar-refractivity contribution in [2.24, 2.45) is 0 Å². The summed E-state index contributed by atoms with van der Waals surface area (Å²) in [4.78, 5) is 0. The van der Waals surface area contributed by atoms with E-state index in [0.717, 1.165) is 5.75 Å². The summed E-state index contributed by atoms with van der Waals surface area (Å²) < 4.78 is 5.85. The Morgan fingerprint density at radius 3 is 2.06 bits per heavy atom. The molecule has 16 heavy (non-hydrogen) atoms. The fourth-order valence-corrected chi connectivity index (χ4v) is 1.76. The molecule has 0 unspecified atom stereocenters. The van der Waals surface area contributed by atoms with Crippen LogP contribution in [0.4, 0.5) is 0 Å². The maximum absolute atomic E-state index is 5.85. The molecule has 0 aliphatic rings. The van der Waals surface area contributed by atoms with E-state index in [9.17, 15) is 0 Å². The minimum absolute atomic E-state index is 0.631. The summed E-state index contributed by atoms with van der Waals surface area (Å²) in [6, 6.07) is 16.4. The third-order valence-corrected chi connectivity index (χ3v) is 2.63. The summed E-state index contributed by atoms with van der Waals surface area (Å²) in [7, 11) is 0. The number of aryl methyl sites for hydroxylation is 2. The molecular formula is C15H16O. The Balaban J connectivity index is 2.11. The number of para-hydroxylation sites is 1. The van der Waals surface area contributed by atoms with E-state index in [1.807, 2.05) is 18.2 Å². The second kappa shape index (κ2) is 4.84. The Hall–Kier alpha value is -1.76. The van der Waals surface area contributed by atoms with E-state index >= 15 is 0 Å². The molecule has 0 N–H and O–H groups in total. The monoisotopic (exact) mass is 212 g/mol. The third kappa shape index (κ3) is 2.43. The summed E-state index contributed by atoms with van der Waals surface area (Å²) >= 11 is 0. The fraction of sp³-hybridized carbons (Fsp3) is 0.200. The second-order valence-corrected chi connectivity index (χ2v) is 4.00. The van der Waals surface area contributed by atoms with E-state index in [1.165, 1.54) is 16.7 Å². The van der Waals surface area contributed by atoms with Crippen molar-refractivity contribution in [3.8, 4) is 5.75 Å². The zero-order valence-corrected chi connectivity index (χ0v) is 9.73. The van der Waals surface area contributed by atoms with Crippen LogP contribution in [0.5, 0.6) is 5.75 Å². The van der Waals surface area contributed by atoms with Gasteiger partial charge in [-0.05, 0) is 30.5 Å². The summed E-state index contributed by atoms with van der Waals surface area (Å²) in [5, 5.41) is 0. The van der Waals surface area contributed by atoms with Gasteiger partial charge in [0.1, 0.15) is 12.4 Å². The molecule has 0 atom stereocenters. The quantitative estimate of drug-likeness (QED) is 0.750. The van der Waals surface area contributed by atoms with E-state index in [0.29, 0.717) is 6.61 Å². The van der Waals surface area contributed by atoms with Gasteiger partial charge in [-0.1, -0.05) is 48.5 Å². The van der Waals surface area contributed by atoms with Gasteiger partial charge in [0.2, 0.25) is 0 Å². The van der Waals surface area contributed by atoms with Gasteiger partial charge in [-0.3, -0.25) is 0 Å². The molecule has 1 nitrogen and oxygen atoms in total. The van der Waals surface area contributed by atoms with Gasteiger partial charge < -0.3 is 4.74 Å². The SMILES string of the molecule is Cc1cccc(C)c1OCc1ccccc1. The number of benzene rings is 2. The first-order valence-corrected chi connectivity index (χ1v) is 5.50. The van der Waals surface area contributed by atoms with Gasteiger partial charge in [-0.2, -0.15) is 0 Å². The predicted octanol–water partition coefficient (Wildman–Crippen LogP) is 3.88. The average Bonchev–Trinajstić information content (AvgIpc) is 2.30.